The zero-order valence-corrected chi connectivity index (χ0v) is 20.8. The molecule has 6 nitrogen and oxygen atoms in total. The summed E-state index contributed by atoms with van der Waals surface area (Å²) in [5.41, 5.74) is 1.82. The summed E-state index contributed by atoms with van der Waals surface area (Å²) in [5, 5.41) is 12.6. The molecule has 1 heterocycles. The molecular formula is C23H26Cl2N4O2S. The van der Waals surface area contributed by atoms with Gasteiger partial charge in [-0.1, -0.05) is 73.9 Å². The Morgan fingerprint density at radius 2 is 1.84 bits per heavy atom. The van der Waals surface area contributed by atoms with Gasteiger partial charge in [-0.05, 0) is 42.2 Å². The molecule has 170 valence electrons. The highest BCUT2D eigenvalue weighted by Gasteiger charge is 2.16. The second-order valence-corrected chi connectivity index (χ2v) is 9.87. The van der Waals surface area contributed by atoms with Crippen molar-refractivity contribution in [2.75, 3.05) is 11.1 Å². The summed E-state index contributed by atoms with van der Waals surface area (Å²) in [4.78, 5) is 12.3. The number of carbonyl (C=O) groups is 1. The van der Waals surface area contributed by atoms with Crippen LogP contribution in [0, 0.1) is 0 Å². The topological polar surface area (TPSA) is 69.0 Å². The molecule has 0 atom stereocenters. The molecule has 3 rings (SSSR count). The van der Waals surface area contributed by atoms with Crippen LogP contribution in [0.3, 0.4) is 0 Å². The fourth-order valence-electron chi connectivity index (χ4n) is 2.97. The van der Waals surface area contributed by atoms with Crippen LogP contribution in [0.1, 0.15) is 39.1 Å². The Hall–Kier alpha value is -2.22. The van der Waals surface area contributed by atoms with E-state index in [2.05, 4.69) is 48.4 Å². The van der Waals surface area contributed by atoms with Gasteiger partial charge < -0.3 is 14.6 Å². The first-order chi connectivity index (χ1) is 15.2. The van der Waals surface area contributed by atoms with E-state index in [1.54, 1.807) is 18.2 Å². The van der Waals surface area contributed by atoms with Crippen LogP contribution in [0.25, 0.3) is 0 Å². The van der Waals surface area contributed by atoms with Crippen LogP contribution in [-0.4, -0.2) is 26.4 Å². The Morgan fingerprint density at radius 3 is 2.50 bits per heavy atom. The Kier molecular flexibility index (Phi) is 8.09. The molecule has 0 spiro atoms. The number of hydrogen-bond donors (Lipinski definition) is 1. The van der Waals surface area contributed by atoms with Gasteiger partial charge in [0.25, 0.3) is 0 Å². The molecule has 1 N–H and O–H groups in total. The predicted molar refractivity (Wildman–Crippen MR) is 131 cm³/mol. The van der Waals surface area contributed by atoms with E-state index in [1.807, 2.05) is 23.6 Å². The van der Waals surface area contributed by atoms with Gasteiger partial charge in [-0.2, -0.15) is 0 Å². The van der Waals surface area contributed by atoms with Crippen molar-refractivity contribution in [3.63, 3.8) is 0 Å². The van der Waals surface area contributed by atoms with Gasteiger partial charge in [0.1, 0.15) is 12.4 Å². The van der Waals surface area contributed by atoms with Crippen molar-refractivity contribution in [3.8, 4) is 5.75 Å². The van der Waals surface area contributed by atoms with E-state index in [-0.39, 0.29) is 17.1 Å². The summed E-state index contributed by atoms with van der Waals surface area (Å²) in [6.45, 7) is 9.49. The first kappa shape index (κ1) is 24.4. The first-order valence-electron chi connectivity index (χ1n) is 10.2. The number of rotatable bonds is 8. The summed E-state index contributed by atoms with van der Waals surface area (Å²) in [6, 6.07) is 13.2. The lowest BCUT2D eigenvalue weighted by atomic mass is 9.87. The monoisotopic (exact) mass is 492 g/mol. The molecule has 32 heavy (non-hydrogen) atoms. The van der Waals surface area contributed by atoms with E-state index in [4.69, 9.17) is 27.9 Å². The number of aromatic nitrogens is 3. The first-order valence-corrected chi connectivity index (χ1v) is 11.9. The van der Waals surface area contributed by atoms with E-state index in [1.165, 1.54) is 17.3 Å². The molecule has 0 bridgehead atoms. The molecule has 0 fully saturated rings. The van der Waals surface area contributed by atoms with Gasteiger partial charge in [-0.15, -0.1) is 10.2 Å². The maximum Gasteiger partial charge on any atom is 0.234 e. The number of amides is 1. The van der Waals surface area contributed by atoms with Crippen LogP contribution in [0.15, 0.2) is 47.6 Å². The highest BCUT2D eigenvalue weighted by atomic mass is 35.5. The number of nitrogens with zero attached hydrogens (tertiary/aromatic N) is 3. The molecule has 0 aliphatic heterocycles. The third-order valence-corrected chi connectivity index (χ3v) is 6.54. The third kappa shape index (κ3) is 6.18. The van der Waals surface area contributed by atoms with Crippen LogP contribution in [-0.2, 0) is 23.4 Å². The minimum Gasteiger partial charge on any atom is -0.486 e. The second kappa shape index (κ2) is 10.6. The quantitative estimate of drug-likeness (QED) is 0.378. The molecule has 1 aromatic heterocycles. The molecular weight excluding hydrogens is 467 g/mol. The van der Waals surface area contributed by atoms with Crippen molar-refractivity contribution >= 4 is 46.6 Å². The molecule has 9 heteroatoms. The van der Waals surface area contributed by atoms with E-state index in [9.17, 15) is 4.79 Å². The predicted octanol–water partition coefficient (Wildman–Crippen LogP) is 6.21. The molecule has 0 aliphatic carbocycles. The van der Waals surface area contributed by atoms with Gasteiger partial charge in [0, 0.05) is 6.54 Å². The molecule has 1 amide bonds. The van der Waals surface area contributed by atoms with Gasteiger partial charge in [0.15, 0.2) is 11.0 Å². The number of hydrogen-bond acceptors (Lipinski definition) is 5. The summed E-state index contributed by atoms with van der Waals surface area (Å²) >= 11 is 13.4. The zero-order chi connectivity index (χ0) is 23.3. The highest BCUT2D eigenvalue weighted by molar-refractivity contribution is 7.99. The zero-order valence-electron chi connectivity index (χ0n) is 18.5. The van der Waals surface area contributed by atoms with E-state index < -0.39 is 0 Å². The van der Waals surface area contributed by atoms with Gasteiger partial charge >= 0.3 is 0 Å². The van der Waals surface area contributed by atoms with Crippen molar-refractivity contribution in [1.29, 1.82) is 0 Å². The summed E-state index contributed by atoms with van der Waals surface area (Å²) in [6.07, 6.45) is 0. The number of thioether (sulfide) groups is 1. The number of benzene rings is 2. The fourth-order valence-corrected chi connectivity index (χ4v) is 4.13. The Balaban J connectivity index is 1.58. The molecule has 0 radical (unpaired) electrons. The van der Waals surface area contributed by atoms with Crippen molar-refractivity contribution in [3.05, 3.63) is 63.9 Å². The van der Waals surface area contributed by atoms with Gasteiger partial charge in [0.2, 0.25) is 5.91 Å². The molecule has 0 saturated heterocycles. The number of nitrogens with one attached hydrogen (secondary N) is 1. The summed E-state index contributed by atoms with van der Waals surface area (Å²) in [7, 11) is 0. The van der Waals surface area contributed by atoms with E-state index in [0.29, 0.717) is 39.9 Å². The number of ether oxygens (including phenoxy) is 1. The lowest BCUT2D eigenvalue weighted by molar-refractivity contribution is -0.113. The average molecular weight is 493 g/mol. The maximum absolute atomic E-state index is 12.3. The van der Waals surface area contributed by atoms with Crippen molar-refractivity contribution in [2.45, 2.75) is 51.4 Å². The SMILES string of the molecule is CCn1c(COc2ccc(C(C)(C)C)cc2)nnc1SCC(=O)Nc1cccc(Cl)c1Cl. The normalized spacial score (nSPS) is 11.4. The van der Waals surface area contributed by atoms with Crippen molar-refractivity contribution < 1.29 is 9.53 Å². The van der Waals surface area contributed by atoms with Crippen LogP contribution in [0.2, 0.25) is 10.0 Å². The van der Waals surface area contributed by atoms with Crippen molar-refractivity contribution in [1.82, 2.24) is 14.8 Å². The Bertz CT molecular complexity index is 1080. The smallest absolute Gasteiger partial charge is 0.234 e. The molecule has 0 saturated carbocycles. The molecule has 2 aromatic carbocycles. The van der Waals surface area contributed by atoms with Crippen molar-refractivity contribution in [2.24, 2.45) is 0 Å². The Labute approximate surface area is 202 Å². The van der Waals surface area contributed by atoms with E-state index in [0.717, 1.165) is 5.75 Å². The van der Waals surface area contributed by atoms with Crippen LogP contribution in [0.4, 0.5) is 5.69 Å². The maximum atomic E-state index is 12.3. The lowest BCUT2D eigenvalue weighted by Gasteiger charge is -2.19. The summed E-state index contributed by atoms with van der Waals surface area (Å²) < 4.78 is 7.84. The summed E-state index contributed by atoms with van der Waals surface area (Å²) in [5.74, 6) is 1.43. The molecule has 0 unspecified atom stereocenters. The standard InChI is InChI=1S/C23H26Cl2N4O2S/c1-5-29-19(13-31-16-11-9-15(10-12-16)23(2,3)4)27-28-22(29)32-14-20(30)26-18-8-6-7-17(24)21(18)25/h6-12H,5,13-14H2,1-4H3,(H,26,30). The minimum atomic E-state index is -0.207. The minimum absolute atomic E-state index is 0.0947. The number of anilines is 1. The van der Waals surface area contributed by atoms with E-state index >= 15 is 0 Å². The van der Waals surface area contributed by atoms with Gasteiger partial charge in [-0.25, -0.2) is 0 Å². The van der Waals surface area contributed by atoms with Gasteiger partial charge in [-0.3, -0.25) is 4.79 Å². The lowest BCUT2D eigenvalue weighted by Crippen LogP contribution is -2.15. The van der Waals surface area contributed by atoms with Gasteiger partial charge in [0.05, 0.1) is 21.5 Å². The van der Waals surface area contributed by atoms with Crippen LogP contribution < -0.4 is 10.1 Å². The fraction of sp³-hybridized carbons (Fsp3) is 0.348. The largest absolute Gasteiger partial charge is 0.486 e. The Morgan fingerprint density at radius 1 is 1.12 bits per heavy atom. The molecule has 3 aromatic rings. The number of carbonyl (C=O) groups excluding carboxylic acids is 1. The van der Waals surface area contributed by atoms with Crippen LogP contribution in [0.5, 0.6) is 5.75 Å². The average Bonchev–Trinajstić information content (AvgIpc) is 3.15. The second-order valence-electron chi connectivity index (χ2n) is 8.14. The molecule has 0 aliphatic rings. The third-order valence-electron chi connectivity index (χ3n) is 4.76. The van der Waals surface area contributed by atoms with Crippen LogP contribution >= 0.6 is 35.0 Å². The number of halogens is 2. The highest BCUT2D eigenvalue weighted by Crippen LogP contribution is 2.30.